The molecule has 15 heavy (non-hydrogen) atoms. The van der Waals surface area contributed by atoms with E-state index in [2.05, 4.69) is 21.6 Å². The Kier molecular flexibility index (Phi) is 3.56. The van der Waals surface area contributed by atoms with Crippen LogP contribution in [0.15, 0.2) is 5.16 Å². The van der Waals surface area contributed by atoms with Gasteiger partial charge in [0, 0.05) is 12.2 Å². The van der Waals surface area contributed by atoms with Gasteiger partial charge in [0.2, 0.25) is 5.16 Å². The van der Waals surface area contributed by atoms with Gasteiger partial charge in [-0.2, -0.15) is 5.26 Å². The van der Waals surface area contributed by atoms with Crippen molar-refractivity contribution in [2.75, 3.05) is 5.75 Å². The van der Waals surface area contributed by atoms with Crippen LogP contribution >= 0.6 is 11.8 Å². The Labute approximate surface area is 92.8 Å². The molecule has 0 atom stereocenters. The highest BCUT2D eigenvalue weighted by molar-refractivity contribution is 7.99. The van der Waals surface area contributed by atoms with E-state index >= 15 is 0 Å². The predicted octanol–water partition coefficient (Wildman–Crippen LogP) is 1.79. The van der Waals surface area contributed by atoms with Gasteiger partial charge in [0.25, 0.3) is 0 Å². The van der Waals surface area contributed by atoms with Crippen LogP contribution in [0.25, 0.3) is 0 Å². The zero-order valence-electron chi connectivity index (χ0n) is 8.46. The van der Waals surface area contributed by atoms with Crippen LogP contribution in [0.4, 0.5) is 0 Å². The Morgan fingerprint density at radius 3 is 3.00 bits per heavy atom. The molecule has 0 saturated heterocycles. The molecule has 1 aliphatic rings. The fourth-order valence-corrected chi connectivity index (χ4v) is 2.63. The molecule has 1 aliphatic carbocycles. The summed E-state index contributed by atoms with van der Waals surface area (Å²) in [5, 5.41) is 21.0. The van der Waals surface area contributed by atoms with Gasteiger partial charge < -0.3 is 0 Å². The van der Waals surface area contributed by atoms with Crippen molar-refractivity contribution in [1.82, 2.24) is 20.2 Å². The van der Waals surface area contributed by atoms with Gasteiger partial charge in [0.15, 0.2) is 0 Å². The van der Waals surface area contributed by atoms with E-state index in [1.54, 1.807) is 11.8 Å². The molecule has 0 unspecified atom stereocenters. The van der Waals surface area contributed by atoms with E-state index in [0.717, 1.165) is 10.9 Å². The topological polar surface area (TPSA) is 67.4 Å². The van der Waals surface area contributed by atoms with E-state index in [9.17, 15) is 0 Å². The lowest BCUT2D eigenvalue weighted by atomic mass is 10.3. The number of aromatic nitrogens is 4. The van der Waals surface area contributed by atoms with Crippen LogP contribution < -0.4 is 0 Å². The number of nitrogens with zero attached hydrogens (tertiary/aromatic N) is 5. The van der Waals surface area contributed by atoms with Crippen molar-refractivity contribution in [3.05, 3.63) is 0 Å². The maximum atomic E-state index is 8.45. The second-order valence-corrected chi connectivity index (χ2v) is 4.66. The molecule has 5 nitrogen and oxygen atoms in total. The maximum absolute atomic E-state index is 8.45. The Morgan fingerprint density at radius 1 is 1.47 bits per heavy atom. The van der Waals surface area contributed by atoms with Gasteiger partial charge in [-0.25, -0.2) is 4.68 Å². The quantitative estimate of drug-likeness (QED) is 0.575. The Bertz CT molecular complexity index is 350. The first-order valence-corrected chi connectivity index (χ1v) is 6.18. The third kappa shape index (κ3) is 2.48. The molecule has 1 heterocycles. The summed E-state index contributed by atoms with van der Waals surface area (Å²) in [5.41, 5.74) is 0. The third-order valence-electron chi connectivity index (χ3n) is 2.58. The Hall–Kier alpha value is -1.09. The standard InChI is InChI=1S/C9H13N5S/c10-6-3-7-15-9-11-12-13-14(9)8-4-1-2-5-8/h8H,1-5,7H2. The SMILES string of the molecule is N#CCCSc1nnnn1C1CCCC1. The average Bonchev–Trinajstić information content (AvgIpc) is 2.87. The summed E-state index contributed by atoms with van der Waals surface area (Å²) in [7, 11) is 0. The minimum Gasteiger partial charge on any atom is -0.217 e. The molecule has 1 aromatic heterocycles. The van der Waals surface area contributed by atoms with Crippen molar-refractivity contribution in [2.45, 2.75) is 43.3 Å². The first-order valence-electron chi connectivity index (χ1n) is 5.19. The summed E-state index contributed by atoms with van der Waals surface area (Å²) >= 11 is 1.57. The highest BCUT2D eigenvalue weighted by Gasteiger charge is 2.21. The molecule has 0 bridgehead atoms. The summed E-state index contributed by atoms with van der Waals surface area (Å²) in [6.07, 6.45) is 5.44. The van der Waals surface area contributed by atoms with Crippen molar-refractivity contribution in [3.63, 3.8) is 0 Å². The van der Waals surface area contributed by atoms with Gasteiger partial charge >= 0.3 is 0 Å². The van der Waals surface area contributed by atoms with E-state index in [4.69, 9.17) is 5.26 Å². The fourth-order valence-electron chi connectivity index (χ4n) is 1.85. The van der Waals surface area contributed by atoms with E-state index < -0.39 is 0 Å². The second kappa shape index (κ2) is 5.12. The largest absolute Gasteiger partial charge is 0.217 e. The van der Waals surface area contributed by atoms with Crippen LogP contribution in [0.5, 0.6) is 0 Å². The molecule has 80 valence electrons. The summed E-state index contributed by atoms with van der Waals surface area (Å²) in [5.74, 6) is 0.767. The molecule has 1 aromatic rings. The van der Waals surface area contributed by atoms with Gasteiger partial charge in [-0.05, 0) is 23.3 Å². The van der Waals surface area contributed by atoms with E-state index in [-0.39, 0.29) is 0 Å². The van der Waals surface area contributed by atoms with Crippen LogP contribution in [0.2, 0.25) is 0 Å². The lowest BCUT2D eigenvalue weighted by molar-refractivity contribution is 0.423. The summed E-state index contributed by atoms with van der Waals surface area (Å²) in [4.78, 5) is 0. The molecule has 0 aromatic carbocycles. The minimum absolute atomic E-state index is 0.476. The highest BCUT2D eigenvalue weighted by atomic mass is 32.2. The zero-order chi connectivity index (χ0) is 10.5. The molecule has 1 saturated carbocycles. The smallest absolute Gasteiger partial charge is 0.209 e. The number of nitriles is 1. The zero-order valence-corrected chi connectivity index (χ0v) is 9.28. The molecule has 6 heteroatoms. The first-order chi connectivity index (χ1) is 7.42. The number of rotatable bonds is 4. The monoisotopic (exact) mass is 223 g/mol. The maximum Gasteiger partial charge on any atom is 0.209 e. The lowest BCUT2D eigenvalue weighted by Gasteiger charge is -2.09. The van der Waals surface area contributed by atoms with Crippen molar-refractivity contribution in [2.24, 2.45) is 0 Å². The third-order valence-corrected chi connectivity index (χ3v) is 3.51. The number of hydrogen-bond donors (Lipinski definition) is 0. The minimum atomic E-state index is 0.476. The van der Waals surface area contributed by atoms with Crippen molar-refractivity contribution >= 4 is 11.8 Å². The van der Waals surface area contributed by atoms with Crippen LogP contribution in [-0.4, -0.2) is 26.0 Å². The normalized spacial score (nSPS) is 16.7. The van der Waals surface area contributed by atoms with Gasteiger partial charge in [0.05, 0.1) is 12.1 Å². The van der Waals surface area contributed by atoms with Crippen molar-refractivity contribution in [3.8, 4) is 6.07 Å². The molecular weight excluding hydrogens is 210 g/mol. The summed E-state index contributed by atoms with van der Waals surface area (Å²) < 4.78 is 1.93. The fraction of sp³-hybridized carbons (Fsp3) is 0.778. The molecule has 2 rings (SSSR count). The number of thioether (sulfide) groups is 1. The first kappa shape index (κ1) is 10.4. The Morgan fingerprint density at radius 2 is 2.27 bits per heavy atom. The van der Waals surface area contributed by atoms with Crippen LogP contribution in [-0.2, 0) is 0 Å². The molecule has 0 radical (unpaired) electrons. The lowest BCUT2D eigenvalue weighted by Crippen LogP contribution is -2.08. The Balaban J connectivity index is 1.98. The number of tetrazole rings is 1. The molecular formula is C9H13N5S. The predicted molar refractivity (Wildman–Crippen MR) is 56.3 cm³/mol. The van der Waals surface area contributed by atoms with Gasteiger partial charge in [-0.15, -0.1) is 5.10 Å². The average molecular weight is 223 g/mol. The van der Waals surface area contributed by atoms with Crippen LogP contribution in [0.3, 0.4) is 0 Å². The number of hydrogen-bond acceptors (Lipinski definition) is 5. The second-order valence-electron chi connectivity index (χ2n) is 3.60. The molecule has 0 spiro atoms. The molecule has 0 aliphatic heterocycles. The van der Waals surface area contributed by atoms with Crippen molar-refractivity contribution in [1.29, 1.82) is 5.26 Å². The molecule has 0 amide bonds. The van der Waals surface area contributed by atoms with Crippen molar-refractivity contribution < 1.29 is 0 Å². The van der Waals surface area contributed by atoms with Crippen LogP contribution in [0, 0.1) is 11.3 Å². The molecule has 1 fully saturated rings. The van der Waals surface area contributed by atoms with Gasteiger partial charge in [-0.1, -0.05) is 24.6 Å². The molecule has 0 N–H and O–H groups in total. The van der Waals surface area contributed by atoms with E-state index in [1.165, 1.54) is 25.7 Å². The summed E-state index contributed by atoms with van der Waals surface area (Å²) in [6.45, 7) is 0. The van der Waals surface area contributed by atoms with Gasteiger partial charge in [-0.3, -0.25) is 0 Å². The van der Waals surface area contributed by atoms with E-state index in [0.29, 0.717) is 12.5 Å². The highest BCUT2D eigenvalue weighted by Crippen LogP contribution is 2.31. The van der Waals surface area contributed by atoms with Crippen LogP contribution in [0.1, 0.15) is 38.1 Å². The van der Waals surface area contributed by atoms with Gasteiger partial charge in [0.1, 0.15) is 0 Å². The van der Waals surface area contributed by atoms with E-state index in [1.807, 2.05) is 4.68 Å². The summed E-state index contributed by atoms with van der Waals surface area (Å²) in [6, 6.07) is 2.60.